The molecule has 0 radical (unpaired) electrons. The fourth-order valence-corrected chi connectivity index (χ4v) is 2.17. The van der Waals surface area contributed by atoms with Crippen molar-refractivity contribution in [3.8, 4) is 5.75 Å². The average Bonchev–Trinajstić information content (AvgIpc) is 2.47. The maximum Gasteiger partial charge on any atom is 0.419 e. The van der Waals surface area contributed by atoms with Crippen LogP contribution in [0.3, 0.4) is 0 Å². The molecule has 0 aliphatic rings. The van der Waals surface area contributed by atoms with Gasteiger partial charge in [-0.15, -0.1) is 0 Å². The number of benzene rings is 2. The number of hydrogen-bond acceptors (Lipinski definition) is 3. The molecule has 6 heteroatoms. The topological polar surface area (TPSA) is 38.7 Å². The van der Waals surface area contributed by atoms with E-state index in [1.54, 1.807) is 38.1 Å². The van der Waals surface area contributed by atoms with Gasteiger partial charge in [-0.1, -0.05) is 23.8 Å². The summed E-state index contributed by atoms with van der Waals surface area (Å²) in [5, 5.41) is 0. The van der Waals surface area contributed by atoms with Gasteiger partial charge in [0.15, 0.2) is 0 Å². The van der Waals surface area contributed by atoms with Crippen molar-refractivity contribution in [1.29, 1.82) is 0 Å². The van der Waals surface area contributed by atoms with Gasteiger partial charge in [-0.25, -0.2) is 4.79 Å². The van der Waals surface area contributed by atoms with Crippen molar-refractivity contribution >= 4 is 11.8 Å². The summed E-state index contributed by atoms with van der Waals surface area (Å²) in [6.07, 6.45) is -3.07. The standard InChI is InChI=1S/C17H14F3NO2/c1-11-6-7-16(14(8-11)17(18,19)20)23-9-13-12(2)4-3-5-15(13)21-10-22/h3-8H,9H2,1-2H3. The lowest BCUT2D eigenvalue weighted by Crippen LogP contribution is -2.09. The first-order valence-electron chi connectivity index (χ1n) is 6.80. The number of aliphatic imine (C=N–C) groups is 1. The molecule has 0 spiro atoms. The van der Waals surface area contributed by atoms with Crippen LogP contribution in [0.1, 0.15) is 22.3 Å². The van der Waals surface area contributed by atoms with Crippen LogP contribution in [0.15, 0.2) is 41.4 Å². The van der Waals surface area contributed by atoms with Crippen LogP contribution >= 0.6 is 0 Å². The summed E-state index contributed by atoms with van der Waals surface area (Å²) in [7, 11) is 0. The Morgan fingerprint density at radius 1 is 1.17 bits per heavy atom. The summed E-state index contributed by atoms with van der Waals surface area (Å²) in [5.41, 5.74) is 1.31. The fraction of sp³-hybridized carbons (Fsp3) is 0.235. The van der Waals surface area contributed by atoms with Crippen LogP contribution in [0.5, 0.6) is 5.75 Å². The Morgan fingerprint density at radius 3 is 2.57 bits per heavy atom. The number of halogens is 3. The summed E-state index contributed by atoms with van der Waals surface area (Å²) in [6, 6.07) is 8.92. The zero-order chi connectivity index (χ0) is 17.0. The van der Waals surface area contributed by atoms with Gasteiger partial charge >= 0.3 is 6.18 Å². The first-order valence-corrected chi connectivity index (χ1v) is 6.80. The molecule has 0 aliphatic heterocycles. The molecule has 2 aromatic rings. The molecule has 0 bridgehead atoms. The van der Waals surface area contributed by atoms with E-state index >= 15 is 0 Å². The highest BCUT2D eigenvalue weighted by molar-refractivity contribution is 5.56. The molecule has 120 valence electrons. The van der Waals surface area contributed by atoms with Crippen LogP contribution in [0.25, 0.3) is 0 Å². The molecule has 0 aliphatic carbocycles. The van der Waals surface area contributed by atoms with E-state index in [2.05, 4.69) is 4.99 Å². The summed E-state index contributed by atoms with van der Waals surface area (Å²) >= 11 is 0. The Morgan fingerprint density at radius 2 is 1.91 bits per heavy atom. The number of carbonyl (C=O) groups excluding carboxylic acids is 1. The largest absolute Gasteiger partial charge is 0.488 e. The first-order chi connectivity index (χ1) is 10.8. The summed E-state index contributed by atoms with van der Waals surface area (Å²) in [6.45, 7) is 3.22. The van der Waals surface area contributed by atoms with Crippen molar-refractivity contribution in [3.63, 3.8) is 0 Å². The second-order valence-electron chi connectivity index (χ2n) is 5.06. The van der Waals surface area contributed by atoms with Crippen molar-refractivity contribution in [2.45, 2.75) is 26.6 Å². The number of aryl methyl sites for hydroxylation is 2. The number of nitrogens with zero attached hydrogens (tertiary/aromatic N) is 1. The molecule has 0 N–H and O–H groups in total. The van der Waals surface area contributed by atoms with Crippen LogP contribution in [0, 0.1) is 13.8 Å². The molecular weight excluding hydrogens is 307 g/mol. The second kappa shape index (κ2) is 6.67. The molecule has 0 saturated heterocycles. The van der Waals surface area contributed by atoms with E-state index in [0.29, 0.717) is 16.8 Å². The minimum atomic E-state index is -4.50. The Bertz CT molecular complexity index is 763. The smallest absolute Gasteiger partial charge is 0.419 e. The van der Waals surface area contributed by atoms with Crippen LogP contribution in [-0.2, 0) is 17.6 Å². The van der Waals surface area contributed by atoms with Crippen LogP contribution in [-0.4, -0.2) is 6.08 Å². The molecule has 0 aromatic heterocycles. The Balaban J connectivity index is 2.34. The van der Waals surface area contributed by atoms with Gasteiger partial charge in [-0.3, -0.25) is 0 Å². The minimum absolute atomic E-state index is 0.126. The third kappa shape index (κ3) is 3.99. The van der Waals surface area contributed by atoms with Gasteiger partial charge in [0.2, 0.25) is 6.08 Å². The maximum absolute atomic E-state index is 13.1. The third-order valence-corrected chi connectivity index (χ3v) is 3.36. The highest BCUT2D eigenvalue weighted by Gasteiger charge is 2.34. The number of isocyanates is 1. The van der Waals surface area contributed by atoms with Gasteiger partial charge in [0.1, 0.15) is 12.4 Å². The monoisotopic (exact) mass is 321 g/mol. The molecule has 0 heterocycles. The Kier molecular flexibility index (Phi) is 4.86. The van der Waals surface area contributed by atoms with E-state index in [0.717, 1.165) is 11.6 Å². The molecule has 2 aromatic carbocycles. The molecule has 0 unspecified atom stereocenters. The van der Waals surface area contributed by atoms with Crippen molar-refractivity contribution in [2.75, 3.05) is 0 Å². The van der Waals surface area contributed by atoms with E-state index in [-0.39, 0.29) is 12.4 Å². The molecular formula is C17H14F3NO2. The summed E-state index contributed by atoms with van der Waals surface area (Å²) in [4.78, 5) is 14.0. The van der Waals surface area contributed by atoms with Crippen molar-refractivity contribution in [1.82, 2.24) is 0 Å². The van der Waals surface area contributed by atoms with E-state index in [4.69, 9.17) is 4.74 Å². The lowest BCUT2D eigenvalue weighted by Gasteiger charge is -2.16. The van der Waals surface area contributed by atoms with Crippen LogP contribution in [0.2, 0.25) is 0 Å². The lowest BCUT2D eigenvalue weighted by atomic mass is 10.1. The predicted molar refractivity (Wildman–Crippen MR) is 79.5 cm³/mol. The predicted octanol–water partition coefficient (Wildman–Crippen LogP) is 4.87. The van der Waals surface area contributed by atoms with Gasteiger partial charge in [0, 0.05) is 5.56 Å². The van der Waals surface area contributed by atoms with Crippen molar-refractivity contribution < 1.29 is 22.7 Å². The molecule has 0 saturated carbocycles. The number of rotatable bonds is 4. The molecule has 0 amide bonds. The van der Waals surface area contributed by atoms with Crippen LogP contribution in [0.4, 0.5) is 18.9 Å². The minimum Gasteiger partial charge on any atom is -0.488 e. The summed E-state index contributed by atoms with van der Waals surface area (Å²) < 4.78 is 44.6. The molecule has 0 fully saturated rings. The highest BCUT2D eigenvalue weighted by atomic mass is 19.4. The average molecular weight is 321 g/mol. The zero-order valence-corrected chi connectivity index (χ0v) is 12.6. The van der Waals surface area contributed by atoms with Crippen molar-refractivity contribution in [2.24, 2.45) is 4.99 Å². The normalized spacial score (nSPS) is 11.0. The summed E-state index contributed by atoms with van der Waals surface area (Å²) in [5.74, 6) is -0.257. The Labute approximate surface area is 131 Å². The lowest BCUT2D eigenvalue weighted by molar-refractivity contribution is -0.139. The highest BCUT2D eigenvalue weighted by Crippen LogP contribution is 2.37. The van der Waals surface area contributed by atoms with Gasteiger partial charge in [-0.05, 0) is 37.6 Å². The number of hydrogen-bond donors (Lipinski definition) is 0. The molecule has 0 atom stereocenters. The van der Waals surface area contributed by atoms with E-state index < -0.39 is 11.7 Å². The SMILES string of the molecule is Cc1ccc(OCc2c(C)cccc2N=C=O)c(C(F)(F)F)c1. The second-order valence-corrected chi connectivity index (χ2v) is 5.06. The van der Waals surface area contributed by atoms with E-state index in [1.807, 2.05) is 0 Å². The zero-order valence-electron chi connectivity index (χ0n) is 12.6. The Hall–Kier alpha value is -2.59. The molecule has 2 rings (SSSR count). The maximum atomic E-state index is 13.1. The van der Waals surface area contributed by atoms with Gasteiger partial charge in [-0.2, -0.15) is 18.2 Å². The molecule has 23 heavy (non-hydrogen) atoms. The van der Waals surface area contributed by atoms with Crippen LogP contribution < -0.4 is 4.74 Å². The fourth-order valence-electron chi connectivity index (χ4n) is 2.17. The molecule has 3 nitrogen and oxygen atoms in total. The van der Waals surface area contributed by atoms with E-state index in [1.165, 1.54) is 12.1 Å². The van der Waals surface area contributed by atoms with E-state index in [9.17, 15) is 18.0 Å². The first kappa shape index (κ1) is 16.8. The number of ether oxygens (including phenoxy) is 1. The quantitative estimate of drug-likeness (QED) is 0.595. The van der Waals surface area contributed by atoms with Gasteiger partial charge in [0.05, 0.1) is 11.3 Å². The number of alkyl halides is 3. The van der Waals surface area contributed by atoms with Gasteiger partial charge < -0.3 is 4.74 Å². The third-order valence-electron chi connectivity index (χ3n) is 3.36. The van der Waals surface area contributed by atoms with Crippen molar-refractivity contribution in [3.05, 3.63) is 58.7 Å². The van der Waals surface area contributed by atoms with Gasteiger partial charge in [0.25, 0.3) is 0 Å².